The van der Waals surface area contributed by atoms with E-state index < -0.39 is 40.5 Å². The molecule has 6 nitrogen and oxygen atoms in total. The molecule has 4 saturated carbocycles. The molecule has 0 heterocycles. The molecule has 0 aromatic carbocycles. The van der Waals surface area contributed by atoms with Crippen molar-refractivity contribution in [3.05, 3.63) is 11.6 Å². The average Bonchev–Trinajstić information content (AvgIpc) is 2.79. The molecule has 0 saturated heterocycles. The number of aliphatic hydroxyl groups excluding tert-OH is 3. The third-order valence-corrected chi connectivity index (χ3v) is 13.5. The number of allylic oxidation sites excluding steroid dienone is 1. The van der Waals surface area contributed by atoms with Crippen molar-refractivity contribution in [3.63, 3.8) is 0 Å². The van der Waals surface area contributed by atoms with Crippen LogP contribution in [0.25, 0.3) is 0 Å². The van der Waals surface area contributed by atoms with Crippen LogP contribution < -0.4 is 0 Å². The van der Waals surface area contributed by atoms with Crippen molar-refractivity contribution in [2.24, 2.45) is 50.7 Å². The van der Waals surface area contributed by atoms with E-state index in [1.54, 1.807) is 0 Å². The zero-order chi connectivity index (χ0) is 26.7. The molecule has 12 atom stereocenters. The summed E-state index contributed by atoms with van der Waals surface area (Å²) in [7, 11) is 0. The van der Waals surface area contributed by atoms with Gasteiger partial charge in [-0.15, -0.1) is 0 Å². The summed E-state index contributed by atoms with van der Waals surface area (Å²) in [5.41, 5.74) is -2.62. The molecule has 5 aliphatic rings. The van der Waals surface area contributed by atoms with E-state index in [0.29, 0.717) is 32.1 Å². The molecule has 204 valence electrons. The van der Waals surface area contributed by atoms with Crippen LogP contribution >= 0.6 is 0 Å². The minimum Gasteiger partial charge on any atom is -0.481 e. The lowest BCUT2D eigenvalue weighted by atomic mass is 9.32. The first-order valence-corrected chi connectivity index (χ1v) is 14.2. The molecule has 5 N–H and O–H groups in total. The maximum atomic E-state index is 12.8. The molecule has 0 radical (unpaired) electrons. The Kier molecular flexibility index (Phi) is 5.77. The maximum absolute atomic E-state index is 12.8. The molecule has 3 unspecified atom stereocenters. The first-order chi connectivity index (χ1) is 16.6. The lowest BCUT2D eigenvalue weighted by molar-refractivity contribution is -0.255. The smallest absolute Gasteiger partial charge is 0.310 e. The predicted molar refractivity (Wildman–Crippen MR) is 137 cm³/mol. The minimum absolute atomic E-state index is 0.00712. The van der Waals surface area contributed by atoms with E-state index in [2.05, 4.69) is 26.8 Å². The maximum Gasteiger partial charge on any atom is 0.310 e. The summed E-state index contributed by atoms with van der Waals surface area (Å²) in [5.74, 6) is -1.21. The van der Waals surface area contributed by atoms with E-state index in [-0.39, 0.29) is 40.6 Å². The number of carboxylic acids is 1. The van der Waals surface area contributed by atoms with Crippen molar-refractivity contribution in [3.8, 4) is 0 Å². The molecule has 36 heavy (non-hydrogen) atoms. The number of aliphatic hydroxyl groups is 4. The van der Waals surface area contributed by atoms with Crippen LogP contribution in [0.3, 0.4) is 0 Å². The third kappa shape index (κ3) is 2.91. The standard InChI is InChI=1S/C30H48O6/c1-17-9-12-30(24(34)35)14-13-27(4)18(22(30)29(17,6)36)7-8-20-25(2)11-10-21(33)26(3,16-31)23(25)19(32)15-28(20,27)5/h7,17,19-23,31-33,36H,8-16H2,1-6H3,(H,34,35)/t17?,19?,20-,21?,22-,23-,25-,26-,27-,28-,29-,30+/m1/s1. The number of carboxylic acid groups (broad SMARTS) is 1. The van der Waals surface area contributed by atoms with Gasteiger partial charge < -0.3 is 25.5 Å². The van der Waals surface area contributed by atoms with Crippen LogP contribution in [0.4, 0.5) is 0 Å². The van der Waals surface area contributed by atoms with Crippen LogP contribution in [0.15, 0.2) is 11.6 Å². The van der Waals surface area contributed by atoms with Gasteiger partial charge in [0.1, 0.15) is 0 Å². The Morgan fingerprint density at radius 2 is 1.69 bits per heavy atom. The number of aliphatic carboxylic acids is 1. The fourth-order valence-corrected chi connectivity index (χ4v) is 11.0. The van der Waals surface area contributed by atoms with Crippen molar-refractivity contribution < 1.29 is 30.3 Å². The SMILES string of the molecule is CC1CC[C@]2(C(=O)O)CC[C@]3(C)C(=CC[C@@H]4[C@@]5(C)CCC(O)[C@@](C)(CO)[C@@H]5C(O)C[C@]43C)[C@@H]2[C@]1(C)O. The molecule has 0 aromatic heterocycles. The highest BCUT2D eigenvalue weighted by Gasteiger charge is 2.73. The Labute approximate surface area is 216 Å². The van der Waals surface area contributed by atoms with Gasteiger partial charge in [-0.1, -0.05) is 46.3 Å². The molecule has 4 fully saturated rings. The van der Waals surface area contributed by atoms with Gasteiger partial charge in [0, 0.05) is 17.3 Å². The molecular formula is C30H48O6. The van der Waals surface area contributed by atoms with Crippen LogP contribution in [0.2, 0.25) is 0 Å². The molecule has 0 aliphatic heterocycles. The fraction of sp³-hybridized carbons (Fsp3) is 0.900. The molecular weight excluding hydrogens is 456 g/mol. The Morgan fingerprint density at radius 1 is 1.03 bits per heavy atom. The van der Waals surface area contributed by atoms with Gasteiger partial charge >= 0.3 is 5.97 Å². The van der Waals surface area contributed by atoms with Crippen LogP contribution in [-0.2, 0) is 4.79 Å². The zero-order valence-corrected chi connectivity index (χ0v) is 23.0. The monoisotopic (exact) mass is 504 g/mol. The molecule has 5 aliphatic carbocycles. The van der Waals surface area contributed by atoms with Crippen molar-refractivity contribution in [2.45, 2.75) is 111 Å². The first kappa shape index (κ1) is 26.6. The van der Waals surface area contributed by atoms with Crippen LogP contribution in [-0.4, -0.2) is 55.9 Å². The fourth-order valence-electron chi connectivity index (χ4n) is 11.0. The van der Waals surface area contributed by atoms with Crippen LogP contribution in [0.1, 0.15) is 92.9 Å². The second-order valence-electron chi connectivity index (χ2n) is 14.7. The van der Waals surface area contributed by atoms with Crippen molar-refractivity contribution in [1.29, 1.82) is 0 Å². The Bertz CT molecular complexity index is 974. The number of hydrogen-bond acceptors (Lipinski definition) is 5. The number of carbonyl (C=O) groups is 1. The number of hydrogen-bond donors (Lipinski definition) is 5. The summed E-state index contributed by atoms with van der Waals surface area (Å²) in [6, 6.07) is 0. The largest absolute Gasteiger partial charge is 0.481 e. The molecule has 5 rings (SSSR count). The van der Waals surface area contributed by atoms with E-state index in [0.717, 1.165) is 24.8 Å². The average molecular weight is 505 g/mol. The van der Waals surface area contributed by atoms with Gasteiger partial charge in [0.25, 0.3) is 0 Å². The topological polar surface area (TPSA) is 118 Å². The molecule has 6 heteroatoms. The zero-order valence-electron chi connectivity index (χ0n) is 23.0. The van der Waals surface area contributed by atoms with Gasteiger partial charge in [0.2, 0.25) is 0 Å². The van der Waals surface area contributed by atoms with Crippen molar-refractivity contribution >= 4 is 5.97 Å². The predicted octanol–water partition coefficient (Wildman–Crippen LogP) is 4.15. The van der Waals surface area contributed by atoms with Gasteiger partial charge in [-0.05, 0) is 86.4 Å². The summed E-state index contributed by atoms with van der Waals surface area (Å²) < 4.78 is 0. The van der Waals surface area contributed by atoms with Gasteiger partial charge in [-0.3, -0.25) is 4.79 Å². The van der Waals surface area contributed by atoms with E-state index >= 15 is 0 Å². The number of fused-ring (bicyclic) bond motifs is 7. The van der Waals surface area contributed by atoms with Crippen molar-refractivity contribution in [1.82, 2.24) is 0 Å². The van der Waals surface area contributed by atoms with Gasteiger partial charge in [0.15, 0.2) is 0 Å². The summed E-state index contributed by atoms with van der Waals surface area (Å²) in [5, 5.41) is 55.6. The first-order valence-electron chi connectivity index (χ1n) is 14.2. The highest BCUT2D eigenvalue weighted by molar-refractivity contribution is 5.77. The molecule has 0 aromatic rings. The summed E-state index contributed by atoms with van der Waals surface area (Å²) in [6.07, 6.45) is 6.26. The second kappa shape index (κ2) is 7.80. The normalized spacial score (nSPS) is 58.6. The highest BCUT2D eigenvalue weighted by atomic mass is 16.4. The quantitative estimate of drug-likeness (QED) is 0.361. The Balaban J connectivity index is 1.66. The van der Waals surface area contributed by atoms with Gasteiger partial charge in [-0.25, -0.2) is 0 Å². The number of rotatable bonds is 2. The van der Waals surface area contributed by atoms with Crippen LogP contribution in [0, 0.1) is 50.7 Å². The highest BCUT2D eigenvalue weighted by Crippen LogP contribution is 2.76. The van der Waals surface area contributed by atoms with Gasteiger partial charge in [0.05, 0.1) is 29.8 Å². The minimum atomic E-state index is -1.11. The Hall–Kier alpha value is -0.950. The lowest BCUT2D eigenvalue weighted by Crippen LogP contribution is -2.70. The lowest BCUT2D eigenvalue weighted by Gasteiger charge is -2.72. The molecule has 0 spiro atoms. The second-order valence-corrected chi connectivity index (χ2v) is 14.7. The summed E-state index contributed by atoms with van der Waals surface area (Å²) in [6.45, 7) is 12.5. The summed E-state index contributed by atoms with van der Waals surface area (Å²) >= 11 is 0. The van der Waals surface area contributed by atoms with E-state index in [1.807, 2.05) is 20.8 Å². The van der Waals surface area contributed by atoms with E-state index in [9.17, 15) is 30.3 Å². The Morgan fingerprint density at radius 3 is 2.31 bits per heavy atom. The summed E-state index contributed by atoms with van der Waals surface area (Å²) in [4.78, 5) is 12.8. The van der Waals surface area contributed by atoms with E-state index in [1.165, 1.54) is 0 Å². The third-order valence-electron chi connectivity index (χ3n) is 13.5. The van der Waals surface area contributed by atoms with Crippen molar-refractivity contribution in [2.75, 3.05) is 6.61 Å². The molecule has 0 amide bonds. The molecule has 0 bridgehead atoms. The van der Waals surface area contributed by atoms with E-state index in [4.69, 9.17) is 0 Å². The van der Waals surface area contributed by atoms with Gasteiger partial charge in [-0.2, -0.15) is 0 Å². The van der Waals surface area contributed by atoms with Crippen LogP contribution in [0.5, 0.6) is 0 Å².